The van der Waals surface area contributed by atoms with Crippen molar-refractivity contribution in [3.8, 4) is 5.75 Å². The molecule has 0 spiro atoms. The Hall–Kier alpha value is -2.66. The molecule has 3 rings (SSSR count). The summed E-state index contributed by atoms with van der Waals surface area (Å²) < 4.78 is 6.85. The number of fused-ring (bicyclic) bond motifs is 1. The van der Waals surface area contributed by atoms with Crippen molar-refractivity contribution < 1.29 is 9.53 Å². The SMILES string of the molecule is CCCCOc1ccccc1/C=C/C(=O)Nc1nc2ccc(C)cc2s1. The van der Waals surface area contributed by atoms with Crippen LogP contribution in [0.3, 0.4) is 0 Å². The minimum atomic E-state index is -0.205. The number of thiazole rings is 1. The first-order valence-corrected chi connectivity index (χ1v) is 9.55. The van der Waals surface area contributed by atoms with Crippen molar-refractivity contribution in [1.29, 1.82) is 0 Å². The third-order valence-electron chi connectivity index (χ3n) is 3.86. The first-order valence-electron chi connectivity index (χ1n) is 8.74. The van der Waals surface area contributed by atoms with Crippen LogP contribution in [0.5, 0.6) is 5.75 Å². The van der Waals surface area contributed by atoms with E-state index in [0.29, 0.717) is 11.7 Å². The summed E-state index contributed by atoms with van der Waals surface area (Å²) in [5.74, 6) is 0.588. The van der Waals surface area contributed by atoms with E-state index in [-0.39, 0.29) is 5.91 Å². The summed E-state index contributed by atoms with van der Waals surface area (Å²) in [5.41, 5.74) is 2.96. The Bertz CT molecular complexity index is 931. The Labute approximate surface area is 157 Å². The van der Waals surface area contributed by atoms with Crippen molar-refractivity contribution in [3.05, 3.63) is 59.7 Å². The fraction of sp³-hybridized carbons (Fsp3) is 0.238. The van der Waals surface area contributed by atoms with E-state index in [1.807, 2.05) is 43.3 Å². The zero-order valence-electron chi connectivity index (χ0n) is 15.0. The van der Waals surface area contributed by atoms with Crippen molar-refractivity contribution in [3.63, 3.8) is 0 Å². The normalized spacial score (nSPS) is 11.2. The van der Waals surface area contributed by atoms with Crippen LogP contribution in [0.4, 0.5) is 5.13 Å². The highest BCUT2D eigenvalue weighted by Gasteiger charge is 2.06. The number of unbranched alkanes of at least 4 members (excludes halogenated alkanes) is 1. The average molecular weight is 366 g/mol. The number of aromatic nitrogens is 1. The summed E-state index contributed by atoms with van der Waals surface area (Å²) in [5, 5.41) is 3.44. The number of hydrogen-bond acceptors (Lipinski definition) is 4. The second kappa shape index (κ2) is 8.63. The Balaban J connectivity index is 1.67. The standard InChI is InChI=1S/C21H22N2O2S/c1-3-4-13-25-18-8-6-5-7-16(18)10-12-20(24)23-21-22-17-11-9-15(2)14-19(17)26-21/h5-12,14H,3-4,13H2,1-2H3,(H,22,23,24)/b12-10+. The quantitative estimate of drug-likeness (QED) is 0.448. The van der Waals surface area contributed by atoms with Gasteiger partial charge in [-0.05, 0) is 43.2 Å². The van der Waals surface area contributed by atoms with Crippen LogP contribution in [0.15, 0.2) is 48.5 Å². The minimum Gasteiger partial charge on any atom is -0.493 e. The third kappa shape index (κ3) is 4.70. The number of carbonyl (C=O) groups is 1. The summed E-state index contributed by atoms with van der Waals surface area (Å²) in [4.78, 5) is 16.7. The van der Waals surface area contributed by atoms with Gasteiger partial charge >= 0.3 is 0 Å². The molecule has 0 saturated carbocycles. The molecule has 0 bridgehead atoms. The van der Waals surface area contributed by atoms with Gasteiger partial charge in [-0.2, -0.15) is 0 Å². The van der Waals surface area contributed by atoms with Gasteiger partial charge in [0.2, 0.25) is 5.91 Å². The van der Waals surface area contributed by atoms with Crippen molar-refractivity contribution >= 4 is 38.7 Å². The molecule has 0 fully saturated rings. The second-order valence-electron chi connectivity index (χ2n) is 6.05. The molecular weight excluding hydrogens is 344 g/mol. The molecule has 3 aromatic rings. The number of para-hydroxylation sites is 1. The number of amides is 1. The number of nitrogens with one attached hydrogen (secondary N) is 1. The van der Waals surface area contributed by atoms with Crippen molar-refractivity contribution in [2.75, 3.05) is 11.9 Å². The molecule has 1 N–H and O–H groups in total. The Morgan fingerprint density at radius 1 is 1.27 bits per heavy atom. The molecule has 26 heavy (non-hydrogen) atoms. The molecule has 1 amide bonds. The molecular formula is C21H22N2O2S. The van der Waals surface area contributed by atoms with E-state index in [1.54, 1.807) is 6.08 Å². The number of carbonyl (C=O) groups excluding carboxylic acids is 1. The molecule has 0 unspecified atom stereocenters. The maximum atomic E-state index is 12.2. The van der Waals surface area contributed by atoms with Crippen molar-refractivity contribution in [2.24, 2.45) is 0 Å². The van der Waals surface area contributed by atoms with Crippen molar-refractivity contribution in [1.82, 2.24) is 4.98 Å². The van der Waals surface area contributed by atoms with Crippen LogP contribution in [0, 0.1) is 6.92 Å². The molecule has 0 aliphatic carbocycles. The second-order valence-corrected chi connectivity index (χ2v) is 7.08. The number of ether oxygens (including phenoxy) is 1. The zero-order chi connectivity index (χ0) is 18.4. The predicted octanol–water partition coefficient (Wildman–Crippen LogP) is 5.44. The van der Waals surface area contributed by atoms with E-state index in [2.05, 4.69) is 23.3 Å². The molecule has 0 aliphatic heterocycles. The van der Waals surface area contributed by atoms with Crippen LogP contribution in [0.25, 0.3) is 16.3 Å². The van der Waals surface area contributed by atoms with Gasteiger partial charge in [-0.25, -0.2) is 4.98 Å². The van der Waals surface area contributed by atoms with Crippen LogP contribution in [0.2, 0.25) is 0 Å². The van der Waals surface area contributed by atoms with Gasteiger partial charge in [0.1, 0.15) is 5.75 Å². The third-order valence-corrected chi connectivity index (χ3v) is 4.80. The number of benzene rings is 2. The summed E-state index contributed by atoms with van der Waals surface area (Å²) >= 11 is 1.48. The maximum Gasteiger partial charge on any atom is 0.250 e. The molecule has 2 aromatic carbocycles. The van der Waals surface area contributed by atoms with E-state index in [4.69, 9.17) is 4.74 Å². The first-order chi connectivity index (χ1) is 12.7. The number of hydrogen-bond donors (Lipinski definition) is 1. The monoisotopic (exact) mass is 366 g/mol. The van der Waals surface area contributed by atoms with Gasteiger partial charge in [-0.3, -0.25) is 10.1 Å². The fourth-order valence-corrected chi connectivity index (χ4v) is 3.44. The number of rotatable bonds is 7. The fourth-order valence-electron chi connectivity index (χ4n) is 2.47. The average Bonchev–Trinajstić information content (AvgIpc) is 3.02. The van der Waals surface area contributed by atoms with Gasteiger partial charge in [0.05, 0.1) is 16.8 Å². The topological polar surface area (TPSA) is 51.2 Å². The number of nitrogens with zero attached hydrogens (tertiary/aromatic N) is 1. The molecule has 1 heterocycles. The number of anilines is 1. The molecule has 1 aromatic heterocycles. The highest BCUT2D eigenvalue weighted by atomic mass is 32.1. The molecule has 134 valence electrons. The largest absolute Gasteiger partial charge is 0.493 e. The summed E-state index contributed by atoms with van der Waals surface area (Å²) in [6.07, 6.45) is 5.38. The van der Waals surface area contributed by atoms with Gasteiger partial charge < -0.3 is 4.74 Å². The predicted molar refractivity (Wildman–Crippen MR) is 109 cm³/mol. The maximum absolute atomic E-state index is 12.2. The molecule has 4 nitrogen and oxygen atoms in total. The minimum absolute atomic E-state index is 0.205. The smallest absolute Gasteiger partial charge is 0.250 e. The van der Waals surface area contributed by atoms with Crippen LogP contribution in [-0.4, -0.2) is 17.5 Å². The summed E-state index contributed by atoms with van der Waals surface area (Å²) in [6, 6.07) is 13.8. The lowest BCUT2D eigenvalue weighted by Crippen LogP contribution is -2.07. The first kappa shape index (κ1) is 18.1. The lowest BCUT2D eigenvalue weighted by Gasteiger charge is -2.08. The zero-order valence-corrected chi connectivity index (χ0v) is 15.8. The highest BCUT2D eigenvalue weighted by Crippen LogP contribution is 2.26. The lowest BCUT2D eigenvalue weighted by molar-refractivity contribution is -0.111. The van der Waals surface area contributed by atoms with Crippen LogP contribution in [0.1, 0.15) is 30.9 Å². The van der Waals surface area contributed by atoms with Gasteiger partial charge in [0, 0.05) is 11.6 Å². The van der Waals surface area contributed by atoms with E-state index in [9.17, 15) is 4.79 Å². The van der Waals surface area contributed by atoms with Gasteiger partial charge in [0.25, 0.3) is 0 Å². The highest BCUT2D eigenvalue weighted by molar-refractivity contribution is 7.22. The van der Waals surface area contributed by atoms with Crippen LogP contribution in [-0.2, 0) is 4.79 Å². The Morgan fingerprint density at radius 2 is 2.12 bits per heavy atom. The van der Waals surface area contributed by atoms with E-state index < -0.39 is 0 Å². The van der Waals surface area contributed by atoms with Crippen molar-refractivity contribution in [2.45, 2.75) is 26.7 Å². The van der Waals surface area contributed by atoms with Crippen LogP contribution < -0.4 is 10.1 Å². The van der Waals surface area contributed by atoms with E-state index in [0.717, 1.165) is 34.4 Å². The molecule has 5 heteroatoms. The summed E-state index contributed by atoms with van der Waals surface area (Å²) in [7, 11) is 0. The molecule has 0 radical (unpaired) electrons. The lowest BCUT2D eigenvalue weighted by atomic mass is 10.2. The van der Waals surface area contributed by atoms with Crippen LogP contribution >= 0.6 is 11.3 Å². The van der Waals surface area contributed by atoms with Gasteiger partial charge in [-0.1, -0.05) is 48.9 Å². The molecule has 0 aliphatic rings. The van der Waals surface area contributed by atoms with E-state index in [1.165, 1.54) is 23.0 Å². The van der Waals surface area contributed by atoms with Gasteiger partial charge in [0.15, 0.2) is 5.13 Å². The summed E-state index contributed by atoms with van der Waals surface area (Å²) in [6.45, 7) is 4.85. The Morgan fingerprint density at radius 3 is 2.96 bits per heavy atom. The van der Waals surface area contributed by atoms with E-state index >= 15 is 0 Å². The number of aryl methyl sites for hydroxylation is 1. The molecule has 0 saturated heterocycles. The molecule has 0 atom stereocenters. The van der Waals surface area contributed by atoms with Gasteiger partial charge in [-0.15, -0.1) is 0 Å². The Kier molecular flexibility index (Phi) is 6.02.